The van der Waals surface area contributed by atoms with E-state index in [4.69, 9.17) is 9.47 Å². The minimum Gasteiger partial charge on any atom is -0.486 e. The Bertz CT molecular complexity index is 455. The number of benzene rings is 1. The fourth-order valence-electron chi connectivity index (χ4n) is 3.11. The molecule has 3 rings (SSSR count). The highest BCUT2D eigenvalue weighted by atomic mass is 16.6. The van der Waals surface area contributed by atoms with E-state index in [0.717, 1.165) is 30.2 Å². The SMILES string of the molecule is OC(CN1CCCCCCC1)c1ccc2c(c1)OCCO2. The van der Waals surface area contributed by atoms with E-state index in [9.17, 15) is 5.11 Å². The molecule has 116 valence electrons. The van der Waals surface area contributed by atoms with E-state index < -0.39 is 6.10 Å². The average molecular weight is 291 g/mol. The van der Waals surface area contributed by atoms with E-state index in [2.05, 4.69) is 4.90 Å². The Morgan fingerprint density at radius 2 is 1.62 bits per heavy atom. The molecule has 2 aliphatic heterocycles. The lowest BCUT2D eigenvalue weighted by molar-refractivity contribution is 0.107. The maximum Gasteiger partial charge on any atom is 0.161 e. The number of rotatable bonds is 3. The Hall–Kier alpha value is -1.26. The minimum atomic E-state index is -0.458. The van der Waals surface area contributed by atoms with Crippen molar-refractivity contribution in [2.45, 2.75) is 38.2 Å². The maximum absolute atomic E-state index is 10.5. The molecule has 1 unspecified atom stereocenters. The van der Waals surface area contributed by atoms with Crippen molar-refractivity contribution in [1.29, 1.82) is 0 Å². The summed E-state index contributed by atoms with van der Waals surface area (Å²) in [7, 11) is 0. The molecular weight excluding hydrogens is 266 g/mol. The third kappa shape index (κ3) is 3.89. The highest BCUT2D eigenvalue weighted by Gasteiger charge is 2.18. The van der Waals surface area contributed by atoms with Crippen LogP contribution in [0.1, 0.15) is 43.8 Å². The number of ether oxygens (including phenoxy) is 2. The fourth-order valence-corrected chi connectivity index (χ4v) is 3.11. The van der Waals surface area contributed by atoms with E-state index in [1.165, 1.54) is 32.1 Å². The quantitative estimate of drug-likeness (QED) is 0.930. The number of β-amino-alcohol motifs (C(OH)–C–C–N with tert-alkyl or cyclic N) is 1. The second-order valence-corrected chi connectivity index (χ2v) is 5.99. The second kappa shape index (κ2) is 7.14. The summed E-state index contributed by atoms with van der Waals surface area (Å²) in [5.74, 6) is 1.54. The smallest absolute Gasteiger partial charge is 0.161 e. The molecule has 0 saturated carbocycles. The number of aliphatic hydroxyl groups is 1. The highest BCUT2D eigenvalue weighted by Crippen LogP contribution is 2.32. The first-order valence-electron chi connectivity index (χ1n) is 8.13. The van der Waals surface area contributed by atoms with Crippen molar-refractivity contribution in [2.75, 3.05) is 32.8 Å². The van der Waals surface area contributed by atoms with Crippen LogP contribution in [0.3, 0.4) is 0 Å². The first-order chi connectivity index (χ1) is 10.3. The molecule has 0 spiro atoms. The number of hydrogen-bond donors (Lipinski definition) is 1. The van der Waals surface area contributed by atoms with Gasteiger partial charge in [-0.25, -0.2) is 0 Å². The molecule has 1 aromatic rings. The number of nitrogens with zero attached hydrogens (tertiary/aromatic N) is 1. The van der Waals surface area contributed by atoms with Gasteiger partial charge in [-0.2, -0.15) is 0 Å². The van der Waals surface area contributed by atoms with Crippen molar-refractivity contribution >= 4 is 0 Å². The molecular formula is C17H25NO3. The molecule has 0 radical (unpaired) electrons. The number of fused-ring (bicyclic) bond motifs is 1. The van der Waals surface area contributed by atoms with Crippen molar-refractivity contribution in [3.05, 3.63) is 23.8 Å². The molecule has 2 aliphatic rings. The van der Waals surface area contributed by atoms with Gasteiger partial charge in [-0.15, -0.1) is 0 Å². The summed E-state index contributed by atoms with van der Waals surface area (Å²) in [6.45, 7) is 4.09. The molecule has 2 heterocycles. The monoisotopic (exact) mass is 291 g/mol. The molecule has 21 heavy (non-hydrogen) atoms. The molecule has 1 atom stereocenters. The van der Waals surface area contributed by atoms with Crippen molar-refractivity contribution in [2.24, 2.45) is 0 Å². The van der Waals surface area contributed by atoms with E-state index in [-0.39, 0.29) is 0 Å². The molecule has 4 heteroatoms. The van der Waals surface area contributed by atoms with Crippen molar-refractivity contribution < 1.29 is 14.6 Å². The van der Waals surface area contributed by atoms with Crippen LogP contribution in [0, 0.1) is 0 Å². The first kappa shape index (κ1) is 14.7. The van der Waals surface area contributed by atoms with Crippen molar-refractivity contribution in [3.63, 3.8) is 0 Å². The molecule has 1 fully saturated rings. The van der Waals surface area contributed by atoms with Crippen molar-refractivity contribution in [3.8, 4) is 11.5 Å². The Morgan fingerprint density at radius 1 is 0.952 bits per heavy atom. The van der Waals surface area contributed by atoms with Crippen LogP contribution < -0.4 is 9.47 Å². The normalized spacial score (nSPS) is 21.4. The van der Waals surface area contributed by atoms with Crippen LogP contribution in [-0.2, 0) is 0 Å². The zero-order valence-corrected chi connectivity index (χ0v) is 12.6. The molecule has 1 aromatic carbocycles. The zero-order valence-electron chi connectivity index (χ0n) is 12.6. The number of hydrogen-bond acceptors (Lipinski definition) is 4. The molecule has 0 aromatic heterocycles. The first-order valence-corrected chi connectivity index (χ1v) is 8.13. The lowest BCUT2D eigenvalue weighted by Gasteiger charge is -2.27. The maximum atomic E-state index is 10.5. The predicted molar refractivity (Wildman–Crippen MR) is 81.9 cm³/mol. The lowest BCUT2D eigenvalue weighted by Crippen LogP contribution is -2.31. The minimum absolute atomic E-state index is 0.458. The van der Waals surface area contributed by atoms with Gasteiger partial charge < -0.3 is 19.5 Å². The van der Waals surface area contributed by atoms with E-state index in [1.807, 2.05) is 18.2 Å². The van der Waals surface area contributed by atoms with E-state index in [0.29, 0.717) is 19.8 Å². The summed E-state index contributed by atoms with van der Waals surface area (Å²) >= 11 is 0. The molecule has 0 aliphatic carbocycles. The van der Waals surface area contributed by atoms with Crippen molar-refractivity contribution in [1.82, 2.24) is 4.90 Å². The summed E-state index contributed by atoms with van der Waals surface area (Å²) in [6, 6.07) is 5.77. The Labute approximate surface area is 126 Å². The third-order valence-electron chi connectivity index (χ3n) is 4.33. The largest absolute Gasteiger partial charge is 0.486 e. The third-order valence-corrected chi connectivity index (χ3v) is 4.33. The zero-order chi connectivity index (χ0) is 14.5. The van der Waals surface area contributed by atoms with Gasteiger partial charge >= 0.3 is 0 Å². The Kier molecular flexibility index (Phi) is 4.99. The van der Waals surface area contributed by atoms with Gasteiger partial charge in [-0.1, -0.05) is 25.3 Å². The summed E-state index contributed by atoms with van der Waals surface area (Å²) in [6.07, 6.45) is 6.02. The summed E-state index contributed by atoms with van der Waals surface area (Å²) < 4.78 is 11.1. The molecule has 1 saturated heterocycles. The van der Waals surface area contributed by atoms with Crippen LogP contribution in [0.25, 0.3) is 0 Å². The Morgan fingerprint density at radius 3 is 2.38 bits per heavy atom. The van der Waals surface area contributed by atoms with Gasteiger partial charge in [0, 0.05) is 6.54 Å². The fraction of sp³-hybridized carbons (Fsp3) is 0.647. The van der Waals surface area contributed by atoms with Gasteiger partial charge in [-0.3, -0.25) is 0 Å². The summed E-state index contributed by atoms with van der Waals surface area (Å²) in [4.78, 5) is 2.39. The standard InChI is InChI=1S/C17H25NO3/c19-15(13-18-8-4-2-1-3-5-9-18)14-6-7-16-17(12-14)21-11-10-20-16/h6-7,12,15,19H,1-5,8-11,13H2. The summed E-state index contributed by atoms with van der Waals surface area (Å²) in [5.41, 5.74) is 0.918. The lowest BCUT2D eigenvalue weighted by atomic mass is 10.1. The molecule has 4 nitrogen and oxygen atoms in total. The van der Waals surface area contributed by atoms with Crippen LogP contribution in [0.5, 0.6) is 11.5 Å². The van der Waals surface area contributed by atoms with E-state index >= 15 is 0 Å². The van der Waals surface area contributed by atoms with Crippen LogP contribution in [-0.4, -0.2) is 42.9 Å². The number of likely N-dealkylation sites (tertiary alicyclic amines) is 1. The van der Waals surface area contributed by atoms with E-state index in [1.54, 1.807) is 0 Å². The van der Waals surface area contributed by atoms with Gasteiger partial charge in [0.1, 0.15) is 13.2 Å². The topological polar surface area (TPSA) is 41.9 Å². The Balaban J connectivity index is 1.62. The average Bonchev–Trinajstić information content (AvgIpc) is 2.49. The molecule has 0 amide bonds. The second-order valence-electron chi connectivity index (χ2n) is 5.99. The van der Waals surface area contributed by atoms with Gasteiger partial charge in [0.05, 0.1) is 6.10 Å². The van der Waals surface area contributed by atoms with Crippen LogP contribution in [0.15, 0.2) is 18.2 Å². The predicted octanol–water partition coefficient (Wildman–Crippen LogP) is 2.76. The van der Waals surface area contributed by atoms with Gasteiger partial charge in [0.15, 0.2) is 11.5 Å². The van der Waals surface area contributed by atoms with Gasteiger partial charge in [-0.05, 0) is 43.6 Å². The van der Waals surface area contributed by atoms with Gasteiger partial charge in [0.25, 0.3) is 0 Å². The van der Waals surface area contributed by atoms with Crippen LogP contribution in [0.2, 0.25) is 0 Å². The number of aliphatic hydroxyl groups excluding tert-OH is 1. The van der Waals surface area contributed by atoms with Gasteiger partial charge in [0.2, 0.25) is 0 Å². The summed E-state index contributed by atoms with van der Waals surface area (Å²) in [5, 5.41) is 10.5. The molecule has 0 bridgehead atoms. The molecule has 1 N–H and O–H groups in total. The van der Waals surface area contributed by atoms with Crippen LogP contribution >= 0.6 is 0 Å². The van der Waals surface area contributed by atoms with Crippen LogP contribution in [0.4, 0.5) is 0 Å². The highest BCUT2D eigenvalue weighted by molar-refractivity contribution is 5.44.